The SMILES string of the molecule is Cl.Clc1cc(Br)ccc1N1CCNCC1. The number of piperazine rings is 1. The molecule has 1 N–H and O–H groups in total. The average Bonchev–Trinajstić information content (AvgIpc) is 2.19. The van der Waals surface area contributed by atoms with Gasteiger partial charge in [0.2, 0.25) is 0 Å². The summed E-state index contributed by atoms with van der Waals surface area (Å²) in [6, 6.07) is 6.04. The average molecular weight is 312 g/mol. The molecule has 0 unspecified atom stereocenters. The minimum absolute atomic E-state index is 0. The quantitative estimate of drug-likeness (QED) is 0.858. The zero-order chi connectivity index (χ0) is 9.97. The van der Waals surface area contributed by atoms with Crippen LogP contribution in [0.2, 0.25) is 5.02 Å². The van der Waals surface area contributed by atoms with Crippen LogP contribution in [-0.4, -0.2) is 26.2 Å². The fraction of sp³-hybridized carbons (Fsp3) is 0.400. The van der Waals surface area contributed by atoms with Crippen molar-refractivity contribution >= 4 is 45.6 Å². The molecule has 1 fully saturated rings. The van der Waals surface area contributed by atoms with Gasteiger partial charge in [-0.15, -0.1) is 12.4 Å². The van der Waals surface area contributed by atoms with Gasteiger partial charge in [-0.05, 0) is 18.2 Å². The molecule has 15 heavy (non-hydrogen) atoms. The highest BCUT2D eigenvalue weighted by atomic mass is 79.9. The Hall–Kier alpha value is 0.0400. The minimum Gasteiger partial charge on any atom is -0.368 e. The molecule has 0 aromatic heterocycles. The molecule has 0 bridgehead atoms. The van der Waals surface area contributed by atoms with Crippen molar-refractivity contribution < 1.29 is 0 Å². The summed E-state index contributed by atoms with van der Waals surface area (Å²) < 4.78 is 1.03. The van der Waals surface area contributed by atoms with E-state index in [9.17, 15) is 0 Å². The zero-order valence-electron chi connectivity index (χ0n) is 8.17. The Morgan fingerprint density at radius 1 is 1.27 bits per heavy atom. The summed E-state index contributed by atoms with van der Waals surface area (Å²) in [7, 11) is 0. The number of rotatable bonds is 1. The predicted molar refractivity (Wildman–Crippen MR) is 71.5 cm³/mol. The van der Waals surface area contributed by atoms with Crippen molar-refractivity contribution in [3.8, 4) is 0 Å². The largest absolute Gasteiger partial charge is 0.368 e. The van der Waals surface area contributed by atoms with E-state index < -0.39 is 0 Å². The third-order valence-corrected chi connectivity index (χ3v) is 3.16. The van der Waals surface area contributed by atoms with E-state index in [-0.39, 0.29) is 12.4 Å². The van der Waals surface area contributed by atoms with E-state index in [2.05, 4.69) is 32.2 Å². The first-order valence-corrected chi connectivity index (χ1v) is 5.85. The third kappa shape index (κ3) is 3.25. The number of halogens is 3. The number of nitrogens with zero attached hydrogens (tertiary/aromatic N) is 1. The molecule has 1 aromatic rings. The van der Waals surface area contributed by atoms with Crippen LogP contribution in [0.1, 0.15) is 0 Å². The van der Waals surface area contributed by atoms with E-state index in [1.807, 2.05) is 12.1 Å². The maximum atomic E-state index is 6.17. The van der Waals surface area contributed by atoms with E-state index in [1.165, 1.54) is 0 Å². The van der Waals surface area contributed by atoms with Crippen molar-refractivity contribution in [1.29, 1.82) is 0 Å². The minimum atomic E-state index is 0. The summed E-state index contributed by atoms with van der Waals surface area (Å²) in [4.78, 5) is 2.31. The molecule has 2 rings (SSSR count). The molecule has 1 aliphatic rings. The lowest BCUT2D eigenvalue weighted by molar-refractivity contribution is 0.589. The van der Waals surface area contributed by atoms with Crippen LogP contribution < -0.4 is 10.2 Å². The Kier molecular flexibility index (Phi) is 5.19. The molecule has 1 aliphatic heterocycles. The van der Waals surface area contributed by atoms with Crippen LogP contribution in [0.4, 0.5) is 5.69 Å². The molecule has 1 saturated heterocycles. The van der Waals surface area contributed by atoms with Gasteiger partial charge in [0.15, 0.2) is 0 Å². The van der Waals surface area contributed by atoms with Gasteiger partial charge in [-0.3, -0.25) is 0 Å². The Bertz CT molecular complexity index is 327. The second-order valence-corrected chi connectivity index (χ2v) is 4.66. The van der Waals surface area contributed by atoms with Crippen LogP contribution in [0.5, 0.6) is 0 Å². The molecule has 84 valence electrons. The van der Waals surface area contributed by atoms with Crippen molar-refractivity contribution in [3.05, 3.63) is 27.7 Å². The highest BCUT2D eigenvalue weighted by Crippen LogP contribution is 2.28. The molecule has 0 radical (unpaired) electrons. The number of hydrogen-bond acceptors (Lipinski definition) is 2. The van der Waals surface area contributed by atoms with Gasteiger partial charge in [0, 0.05) is 30.7 Å². The highest BCUT2D eigenvalue weighted by molar-refractivity contribution is 9.10. The molecular weight excluding hydrogens is 299 g/mol. The van der Waals surface area contributed by atoms with Crippen molar-refractivity contribution in [2.45, 2.75) is 0 Å². The van der Waals surface area contributed by atoms with Crippen LogP contribution in [0.25, 0.3) is 0 Å². The van der Waals surface area contributed by atoms with Crippen molar-refractivity contribution in [3.63, 3.8) is 0 Å². The second kappa shape index (κ2) is 5.94. The first kappa shape index (κ1) is 13.1. The predicted octanol–water partition coefficient (Wildman–Crippen LogP) is 2.93. The summed E-state index contributed by atoms with van der Waals surface area (Å²) in [5.74, 6) is 0. The monoisotopic (exact) mass is 310 g/mol. The number of anilines is 1. The van der Waals surface area contributed by atoms with Gasteiger partial charge in [-0.25, -0.2) is 0 Å². The van der Waals surface area contributed by atoms with Crippen LogP contribution >= 0.6 is 39.9 Å². The molecule has 1 aromatic carbocycles. The maximum absolute atomic E-state index is 6.17. The molecule has 2 nitrogen and oxygen atoms in total. The lowest BCUT2D eigenvalue weighted by Gasteiger charge is -2.30. The molecule has 1 heterocycles. The fourth-order valence-electron chi connectivity index (χ4n) is 1.64. The molecule has 5 heteroatoms. The van der Waals surface area contributed by atoms with Gasteiger partial charge in [0.05, 0.1) is 10.7 Å². The van der Waals surface area contributed by atoms with E-state index in [4.69, 9.17) is 11.6 Å². The van der Waals surface area contributed by atoms with Crippen LogP contribution in [0, 0.1) is 0 Å². The third-order valence-electron chi connectivity index (χ3n) is 2.37. The van der Waals surface area contributed by atoms with Gasteiger partial charge in [-0.1, -0.05) is 27.5 Å². The summed E-state index contributed by atoms with van der Waals surface area (Å²) >= 11 is 9.58. The van der Waals surface area contributed by atoms with E-state index in [0.29, 0.717) is 0 Å². The normalized spacial score (nSPS) is 16.0. The van der Waals surface area contributed by atoms with E-state index in [1.54, 1.807) is 0 Å². The Labute approximate surface area is 110 Å². The smallest absolute Gasteiger partial charge is 0.0650 e. The van der Waals surface area contributed by atoms with E-state index >= 15 is 0 Å². The van der Waals surface area contributed by atoms with E-state index in [0.717, 1.165) is 41.4 Å². The zero-order valence-corrected chi connectivity index (χ0v) is 11.3. The standard InChI is InChI=1S/C10H12BrClN2.ClH/c11-8-1-2-10(9(12)7-8)14-5-3-13-4-6-14;/h1-2,7,13H,3-6H2;1H. The Morgan fingerprint density at radius 2 is 1.93 bits per heavy atom. The molecule has 0 spiro atoms. The lowest BCUT2D eigenvalue weighted by atomic mass is 10.2. The summed E-state index contributed by atoms with van der Waals surface area (Å²) in [5, 5.41) is 4.14. The first-order valence-electron chi connectivity index (χ1n) is 4.68. The summed E-state index contributed by atoms with van der Waals surface area (Å²) in [6.45, 7) is 4.13. The maximum Gasteiger partial charge on any atom is 0.0650 e. The van der Waals surface area contributed by atoms with Gasteiger partial charge in [-0.2, -0.15) is 0 Å². The molecule has 0 aliphatic carbocycles. The molecule has 0 amide bonds. The molecule has 0 saturated carbocycles. The molecular formula is C10H13BrCl2N2. The number of hydrogen-bond donors (Lipinski definition) is 1. The van der Waals surface area contributed by atoms with Crippen LogP contribution in [0.3, 0.4) is 0 Å². The van der Waals surface area contributed by atoms with Gasteiger partial charge in [0.25, 0.3) is 0 Å². The topological polar surface area (TPSA) is 15.3 Å². The van der Waals surface area contributed by atoms with Gasteiger partial charge >= 0.3 is 0 Å². The second-order valence-electron chi connectivity index (χ2n) is 3.33. The summed E-state index contributed by atoms with van der Waals surface area (Å²) in [6.07, 6.45) is 0. The van der Waals surface area contributed by atoms with Crippen LogP contribution in [-0.2, 0) is 0 Å². The van der Waals surface area contributed by atoms with Crippen LogP contribution in [0.15, 0.2) is 22.7 Å². The fourth-order valence-corrected chi connectivity index (χ4v) is 2.44. The van der Waals surface area contributed by atoms with Crippen molar-refractivity contribution in [2.24, 2.45) is 0 Å². The first-order chi connectivity index (χ1) is 6.77. The van der Waals surface area contributed by atoms with Crippen molar-refractivity contribution in [2.75, 3.05) is 31.1 Å². The number of nitrogens with one attached hydrogen (secondary N) is 1. The van der Waals surface area contributed by atoms with Gasteiger partial charge in [0.1, 0.15) is 0 Å². The Balaban J connectivity index is 0.00000112. The number of benzene rings is 1. The van der Waals surface area contributed by atoms with Crippen molar-refractivity contribution in [1.82, 2.24) is 5.32 Å². The summed E-state index contributed by atoms with van der Waals surface area (Å²) in [5.41, 5.74) is 1.14. The molecule has 0 atom stereocenters. The highest BCUT2D eigenvalue weighted by Gasteiger charge is 2.12. The van der Waals surface area contributed by atoms with Gasteiger partial charge < -0.3 is 10.2 Å². The Morgan fingerprint density at radius 3 is 2.53 bits per heavy atom. The lowest BCUT2D eigenvalue weighted by Crippen LogP contribution is -2.43.